The van der Waals surface area contributed by atoms with Crippen molar-refractivity contribution in [3.8, 4) is 0 Å². The first-order valence-corrected chi connectivity index (χ1v) is 3.63. The van der Waals surface area contributed by atoms with Crippen LogP contribution in [0.1, 0.15) is 20.7 Å². The Balaban J connectivity index is 0.00000196. The van der Waals surface area contributed by atoms with Crippen molar-refractivity contribution in [1.82, 2.24) is 0 Å². The smallest absolute Gasteiger partial charge is 0.336 e. The van der Waals surface area contributed by atoms with Gasteiger partial charge in [0.1, 0.15) is 0 Å². The van der Waals surface area contributed by atoms with E-state index in [9.17, 15) is 9.59 Å². The standard InChI is InChI=1S/C8H8N2O4.ClH/c9-10-4-1-2-5(7(11)12)6(3-4)8(13)14;/h1-3,10H,9H2,(H,11,12)(H,13,14);1H. The van der Waals surface area contributed by atoms with E-state index in [0.717, 1.165) is 6.07 Å². The van der Waals surface area contributed by atoms with Gasteiger partial charge in [0, 0.05) is 5.69 Å². The molecular formula is C8H9ClN2O4. The minimum atomic E-state index is -1.31. The van der Waals surface area contributed by atoms with Gasteiger partial charge in [-0.15, -0.1) is 12.4 Å². The third-order valence-corrected chi connectivity index (χ3v) is 1.65. The summed E-state index contributed by atoms with van der Waals surface area (Å²) in [5.41, 5.74) is 2.01. The van der Waals surface area contributed by atoms with Gasteiger partial charge in [0.25, 0.3) is 0 Å². The van der Waals surface area contributed by atoms with Crippen LogP contribution < -0.4 is 11.3 Å². The van der Waals surface area contributed by atoms with Crippen LogP contribution in [0.4, 0.5) is 5.69 Å². The van der Waals surface area contributed by atoms with E-state index in [2.05, 4.69) is 5.43 Å². The number of aromatic carboxylic acids is 2. The van der Waals surface area contributed by atoms with Gasteiger partial charge in [-0.2, -0.15) is 0 Å². The topological polar surface area (TPSA) is 113 Å². The zero-order valence-electron chi connectivity index (χ0n) is 7.43. The first-order valence-electron chi connectivity index (χ1n) is 3.63. The molecule has 15 heavy (non-hydrogen) atoms. The zero-order valence-corrected chi connectivity index (χ0v) is 8.25. The van der Waals surface area contributed by atoms with E-state index in [1.807, 2.05) is 0 Å². The molecule has 0 atom stereocenters. The molecule has 0 spiro atoms. The highest BCUT2D eigenvalue weighted by molar-refractivity contribution is 6.02. The minimum absolute atomic E-state index is 0. The van der Waals surface area contributed by atoms with Crippen molar-refractivity contribution in [2.45, 2.75) is 0 Å². The molecule has 1 aromatic carbocycles. The van der Waals surface area contributed by atoms with Crippen LogP contribution in [0, 0.1) is 0 Å². The van der Waals surface area contributed by atoms with Crippen molar-refractivity contribution in [2.75, 3.05) is 5.43 Å². The second-order valence-electron chi connectivity index (χ2n) is 2.52. The van der Waals surface area contributed by atoms with Crippen LogP contribution in [0.5, 0.6) is 0 Å². The molecule has 1 rings (SSSR count). The Kier molecular flexibility index (Phi) is 4.56. The SMILES string of the molecule is Cl.NNc1ccc(C(=O)O)c(C(=O)O)c1. The molecule has 7 heteroatoms. The Morgan fingerprint density at radius 3 is 2.07 bits per heavy atom. The molecule has 0 saturated heterocycles. The maximum atomic E-state index is 10.7. The van der Waals surface area contributed by atoms with Crippen molar-refractivity contribution in [2.24, 2.45) is 5.84 Å². The van der Waals surface area contributed by atoms with E-state index in [0.29, 0.717) is 5.69 Å². The van der Waals surface area contributed by atoms with E-state index in [-0.39, 0.29) is 23.5 Å². The molecule has 0 heterocycles. The monoisotopic (exact) mass is 232 g/mol. The van der Waals surface area contributed by atoms with Gasteiger partial charge in [-0.3, -0.25) is 5.84 Å². The molecule has 0 bridgehead atoms. The first-order chi connectivity index (χ1) is 6.56. The van der Waals surface area contributed by atoms with Crippen molar-refractivity contribution >= 4 is 30.0 Å². The highest BCUT2D eigenvalue weighted by Crippen LogP contribution is 2.15. The summed E-state index contributed by atoms with van der Waals surface area (Å²) >= 11 is 0. The normalized spacial score (nSPS) is 8.87. The van der Waals surface area contributed by atoms with E-state index in [4.69, 9.17) is 16.1 Å². The fourth-order valence-corrected chi connectivity index (χ4v) is 0.997. The number of carboxylic acid groups (broad SMARTS) is 2. The third-order valence-electron chi connectivity index (χ3n) is 1.65. The van der Waals surface area contributed by atoms with Gasteiger partial charge in [-0.05, 0) is 18.2 Å². The van der Waals surface area contributed by atoms with Crippen LogP contribution in [0.15, 0.2) is 18.2 Å². The summed E-state index contributed by atoms with van der Waals surface area (Å²) in [5, 5.41) is 17.4. The molecule has 0 saturated carbocycles. The number of anilines is 1. The maximum Gasteiger partial charge on any atom is 0.336 e. The molecule has 0 fully saturated rings. The second-order valence-corrected chi connectivity index (χ2v) is 2.52. The summed E-state index contributed by atoms with van der Waals surface area (Å²) in [5.74, 6) is 2.46. The van der Waals surface area contributed by atoms with E-state index >= 15 is 0 Å². The van der Waals surface area contributed by atoms with Gasteiger partial charge >= 0.3 is 11.9 Å². The molecule has 6 nitrogen and oxygen atoms in total. The van der Waals surface area contributed by atoms with E-state index in [1.165, 1.54) is 12.1 Å². The number of rotatable bonds is 3. The summed E-state index contributed by atoms with van der Waals surface area (Å²) in [6.07, 6.45) is 0. The number of nitrogen functional groups attached to an aromatic ring is 1. The molecule has 0 aliphatic heterocycles. The van der Waals surface area contributed by atoms with Gasteiger partial charge in [-0.25, -0.2) is 9.59 Å². The molecule has 1 aromatic rings. The number of benzene rings is 1. The van der Waals surface area contributed by atoms with Crippen molar-refractivity contribution in [3.63, 3.8) is 0 Å². The van der Waals surface area contributed by atoms with Gasteiger partial charge in [0.05, 0.1) is 11.1 Å². The Morgan fingerprint density at radius 2 is 1.67 bits per heavy atom. The quantitative estimate of drug-likeness (QED) is 0.453. The van der Waals surface area contributed by atoms with Gasteiger partial charge in [0.15, 0.2) is 0 Å². The lowest BCUT2D eigenvalue weighted by Crippen LogP contribution is -2.11. The highest BCUT2D eigenvalue weighted by Gasteiger charge is 2.15. The lowest BCUT2D eigenvalue weighted by Gasteiger charge is -2.04. The van der Waals surface area contributed by atoms with E-state index < -0.39 is 11.9 Å². The predicted molar refractivity (Wildman–Crippen MR) is 55.4 cm³/mol. The van der Waals surface area contributed by atoms with Gasteiger partial charge in [-0.1, -0.05) is 0 Å². The lowest BCUT2D eigenvalue weighted by molar-refractivity contribution is 0.0651. The summed E-state index contributed by atoms with van der Waals surface area (Å²) in [6, 6.07) is 3.72. The number of nitrogens with two attached hydrogens (primary N) is 1. The third kappa shape index (κ3) is 2.83. The Morgan fingerprint density at radius 1 is 1.13 bits per heavy atom. The molecule has 0 aliphatic carbocycles. The number of nitrogens with one attached hydrogen (secondary N) is 1. The van der Waals surface area contributed by atoms with Crippen LogP contribution in [0.2, 0.25) is 0 Å². The molecule has 82 valence electrons. The summed E-state index contributed by atoms with van der Waals surface area (Å²) < 4.78 is 0. The fraction of sp³-hybridized carbons (Fsp3) is 0. The first kappa shape index (κ1) is 13.2. The van der Waals surface area contributed by atoms with Crippen molar-refractivity contribution < 1.29 is 19.8 Å². The number of hydrogen-bond acceptors (Lipinski definition) is 4. The van der Waals surface area contributed by atoms with Crippen LogP contribution in [0.3, 0.4) is 0 Å². The average Bonchev–Trinajstić information content (AvgIpc) is 2.16. The molecule has 0 aliphatic rings. The maximum absolute atomic E-state index is 10.7. The number of hydrogen-bond donors (Lipinski definition) is 4. The molecular weight excluding hydrogens is 224 g/mol. The Bertz CT molecular complexity index is 394. The summed E-state index contributed by atoms with van der Waals surface area (Å²) in [6.45, 7) is 0. The number of hydrazine groups is 1. The van der Waals surface area contributed by atoms with Gasteiger partial charge in [0.2, 0.25) is 0 Å². The molecule has 0 radical (unpaired) electrons. The zero-order chi connectivity index (χ0) is 10.7. The Hall–Kier alpha value is -1.79. The molecule has 0 unspecified atom stereocenters. The average molecular weight is 233 g/mol. The van der Waals surface area contributed by atoms with Crippen LogP contribution in [-0.4, -0.2) is 22.2 Å². The lowest BCUT2D eigenvalue weighted by atomic mass is 10.1. The minimum Gasteiger partial charge on any atom is -0.478 e. The summed E-state index contributed by atoms with van der Waals surface area (Å²) in [4.78, 5) is 21.3. The number of carboxylic acids is 2. The summed E-state index contributed by atoms with van der Waals surface area (Å²) in [7, 11) is 0. The van der Waals surface area contributed by atoms with Crippen LogP contribution in [0.25, 0.3) is 0 Å². The van der Waals surface area contributed by atoms with Gasteiger partial charge < -0.3 is 15.6 Å². The fourth-order valence-electron chi connectivity index (χ4n) is 0.997. The van der Waals surface area contributed by atoms with E-state index in [1.54, 1.807) is 0 Å². The molecule has 5 N–H and O–H groups in total. The highest BCUT2D eigenvalue weighted by atomic mass is 35.5. The molecule has 0 aromatic heterocycles. The number of halogens is 1. The predicted octanol–water partition coefficient (Wildman–Crippen LogP) is 0.790. The van der Waals surface area contributed by atoms with Crippen molar-refractivity contribution in [1.29, 1.82) is 0 Å². The van der Waals surface area contributed by atoms with Crippen LogP contribution in [-0.2, 0) is 0 Å². The van der Waals surface area contributed by atoms with Crippen molar-refractivity contribution in [3.05, 3.63) is 29.3 Å². The largest absolute Gasteiger partial charge is 0.478 e. The van der Waals surface area contributed by atoms with Crippen LogP contribution >= 0.6 is 12.4 Å². The number of carbonyl (C=O) groups is 2. The second kappa shape index (κ2) is 5.18. The Labute approximate surface area is 91.1 Å². The molecule has 0 amide bonds.